The number of hydrogen-bond donors (Lipinski definition) is 2. The average Bonchev–Trinajstić information content (AvgIpc) is 3.49. The number of benzene rings is 1. The quantitative estimate of drug-likeness (QED) is 0.481. The molecule has 5 rings (SSSR count). The number of methoxy groups -OCH3 is 1. The van der Waals surface area contributed by atoms with E-state index in [4.69, 9.17) is 0 Å². The molecule has 0 spiro atoms. The van der Waals surface area contributed by atoms with Crippen LogP contribution < -0.4 is 10.9 Å². The molecule has 37 heavy (non-hydrogen) atoms. The number of amides is 1. The number of nitrogens with zero attached hydrogens (tertiary/aromatic N) is 4. The van der Waals surface area contributed by atoms with Crippen LogP contribution in [0.1, 0.15) is 43.7 Å². The van der Waals surface area contributed by atoms with E-state index in [0.29, 0.717) is 22.5 Å². The maximum absolute atomic E-state index is 14.4. The first-order valence-electron chi connectivity index (χ1n) is 12.0. The lowest BCUT2D eigenvalue weighted by Gasteiger charge is -2.39. The summed E-state index contributed by atoms with van der Waals surface area (Å²) in [5.41, 5.74) is -1.94. The van der Waals surface area contributed by atoms with Gasteiger partial charge in [-0.25, -0.2) is 4.79 Å². The van der Waals surface area contributed by atoms with Crippen LogP contribution in [0.5, 0.6) is 0 Å². The number of rotatable bonds is 6. The zero-order valence-electron chi connectivity index (χ0n) is 20.0. The lowest BCUT2D eigenvalue weighted by molar-refractivity contribution is -0.222. The van der Waals surface area contributed by atoms with Gasteiger partial charge in [-0.2, -0.15) is 23.5 Å². The number of alkyl halides is 3. The van der Waals surface area contributed by atoms with E-state index in [1.165, 1.54) is 30.5 Å². The van der Waals surface area contributed by atoms with E-state index in [2.05, 4.69) is 26.2 Å². The van der Waals surface area contributed by atoms with Gasteiger partial charge in [-0.15, -0.1) is 0 Å². The Morgan fingerprint density at radius 1 is 1.32 bits per heavy atom. The van der Waals surface area contributed by atoms with Crippen LogP contribution in [-0.2, 0) is 10.3 Å². The highest BCUT2D eigenvalue weighted by Gasteiger charge is 2.63. The molecule has 0 bridgehead atoms. The van der Waals surface area contributed by atoms with Crippen LogP contribution in [0, 0.1) is 17.2 Å². The minimum Gasteiger partial charge on any atom is -0.453 e. The Balaban J connectivity index is 1.51. The number of fused-ring (bicyclic) bond motifs is 1. The van der Waals surface area contributed by atoms with Gasteiger partial charge in [0.2, 0.25) is 0 Å². The van der Waals surface area contributed by atoms with Crippen LogP contribution in [0.25, 0.3) is 10.9 Å². The third-order valence-corrected chi connectivity index (χ3v) is 7.28. The molecule has 1 saturated heterocycles. The number of pyridine rings is 1. The third-order valence-electron chi connectivity index (χ3n) is 7.28. The molecule has 2 N–H and O–H groups in total. The van der Waals surface area contributed by atoms with E-state index in [0.717, 1.165) is 24.9 Å². The zero-order chi connectivity index (χ0) is 26.4. The van der Waals surface area contributed by atoms with Crippen molar-refractivity contribution in [2.75, 3.05) is 19.0 Å². The van der Waals surface area contributed by atoms with Crippen molar-refractivity contribution in [3.8, 4) is 6.07 Å². The highest BCUT2D eigenvalue weighted by atomic mass is 19.4. The number of hydrogen-bond acceptors (Lipinski definition) is 6. The number of halogens is 3. The summed E-state index contributed by atoms with van der Waals surface area (Å²) in [6.07, 6.45) is -2.11. The van der Waals surface area contributed by atoms with Crippen LogP contribution in [0.15, 0.2) is 41.3 Å². The second kappa shape index (κ2) is 9.14. The first-order valence-corrected chi connectivity index (χ1v) is 12.0. The molecule has 2 fully saturated rings. The Bertz CT molecular complexity index is 1420. The summed E-state index contributed by atoms with van der Waals surface area (Å²) in [6.45, 7) is -0.0662. The van der Waals surface area contributed by atoms with Gasteiger partial charge in [0.15, 0.2) is 11.4 Å². The number of ether oxygens (including phenoxy) is 1. The molecule has 0 radical (unpaired) electrons. The number of nitriles is 1. The first-order chi connectivity index (χ1) is 17.7. The Kier molecular flexibility index (Phi) is 6.09. The van der Waals surface area contributed by atoms with E-state index in [1.807, 2.05) is 0 Å². The predicted octanol–water partition coefficient (Wildman–Crippen LogP) is 4.95. The molecule has 3 aromatic rings. The second-order valence-electron chi connectivity index (χ2n) is 9.41. The van der Waals surface area contributed by atoms with E-state index >= 15 is 0 Å². The number of nitrogens with one attached hydrogen (secondary N) is 2. The van der Waals surface area contributed by atoms with Gasteiger partial charge in [0.25, 0.3) is 5.56 Å². The van der Waals surface area contributed by atoms with Crippen LogP contribution in [0.2, 0.25) is 0 Å². The van der Waals surface area contributed by atoms with Crippen LogP contribution in [0.4, 0.5) is 29.5 Å². The molecule has 2 aromatic heterocycles. The molecule has 1 aromatic carbocycles. The van der Waals surface area contributed by atoms with Crippen molar-refractivity contribution >= 4 is 28.5 Å². The maximum atomic E-state index is 14.4. The average molecular weight is 515 g/mol. The van der Waals surface area contributed by atoms with Gasteiger partial charge < -0.3 is 15.0 Å². The first kappa shape index (κ1) is 24.7. The second-order valence-corrected chi connectivity index (χ2v) is 9.41. The number of H-pyrrole nitrogens is 1. The number of likely N-dealkylation sites (tertiary alicyclic amines) is 1. The molecular formula is C25H25F3N6O3. The van der Waals surface area contributed by atoms with Gasteiger partial charge in [0.1, 0.15) is 5.39 Å². The van der Waals surface area contributed by atoms with Gasteiger partial charge in [-0.3, -0.25) is 14.4 Å². The Labute approximate surface area is 209 Å². The molecule has 194 valence electrons. The molecule has 1 amide bonds. The lowest BCUT2D eigenvalue weighted by atomic mass is 9.86. The van der Waals surface area contributed by atoms with Crippen LogP contribution in [0.3, 0.4) is 0 Å². The maximum Gasteiger partial charge on any atom is 0.416 e. The molecule has 1 saturated carbocycles. The number of carbonyl (C=O) groups is 1. The fourth-order valence-electron chi connectivity index (χ4n) is 5.37. The SMILES string of the molecule is COC(=O)N1CCC[C@@]1(c1ccc(Nc2nn(C(CC#N)C3CC3)c3cc[nH]c(=O)c23)cc1)C(F)(F)F. The molecule has 2 aliphatic rings. The normalized spacial score (nSPS) is 20.6. The standard InChI is InChI=1S/C25H25F3N6O3/c1-37-23(36)33-14-2-11-24(33,25(26,27)28)16-5-7-17(8-6-16)31-21-20-19(10-13-30-22(20)35)34(32-21)18(9-12-29)15-3-4-15/h5-8,10,13,15,18H,2-4,9,11,14H2,1H3,(H,30,35)(H,31,32)/t18?,24-/m1/s1. The Morgan fingerprint density at radius 2 is 2.05 bits per heavy atom. The highest BCUT2D eigenvalue weighted by Crippen LogP contribution is 2.51. The third kappa shape index (κ3) is 4.08. The fraction of sp³-hybridized carbons (Fsp3) is 0.440. The fourth-order valence-corrected chi connectivity index (χ4v) is 5.37. The van der Waals surface area contributed by atoms with Crippen molar-refractivity contribution in [2.24, 2.45) is 5.92 Å². The topological polar surface area (TPSA) is 116 Å². The molecule has 12 heteroatoms. The Morgan fingerprint density at radius 3 is 2.68 bits per heavy atom. The summed E-state index contributed by atoms with van der Waals surface area (Å²) < 4.78 is 49.5. The van der Waals surface area contributed by atoms with Gasteiger partial charge in [-0.05, 0) is 55.4 Å². The van der Waals surface area contributed by atoms with E-state index in [9.17, 15) is 28.0 Å². The minimum atomic E-state index is -4.71. The predicted molar refractivity (Wildman–Crippen MR) is 128 cm³/mol. The Hall–Kier alpha value is -4.01. The summed E-state index contributed by atoms with van der Waals surface area (Å²) >= 11 is 0. The lowest BCUT2D eigenvalue weighted by Crippen LogP contribution is -2.54. The molecular weight excluding hydrogens is 489 g/mol. The molecule has 1 aliphatic carbocycles. The molecule has 1 unspecified atom stereocenters. The molecule has 9 nitrogen and oxygen atoms in total. The van der Waals surface area contributed by atoms with Crippen molar-refractivity contribution in [3.63, 3.8) is 0 Å². The van der Waals surface area contributed by atoms with E-state index in [-0.39, 0.29) is 48.8 Å². The molecule has 3 heterocycles. The van der Waals surface area contributed by atoms with Crippen molar-refractivity contribution < 1.29 is 22.7 Å². The highest BCUT2D eigenvalue weighted by molar-refractivity contribution is 5.91. The van der Waals surface area contributed by atoms with Crippen LogP contribution in [-0.4, -0.2) is 45.6 Å². The van der Waals surface area contributed by atoms with Gasteiger partial charge >= 0.3 is 12.3 Å². The smallest absolute Gasteiger partial charge is 0.416 e. The number of anilines is 2. The van der Waals surface area contributed by atoms with E-state index < -0.39 is 17.8 Å². The largest absolute Gasteiger partial charge is 0.453 e. The van der Waals surface area contributed by atoms with Gasteiger partial charge in [-0.1, -0.05) is 12.1 Å². The van der Waals surface area contributed by atoms with Crippen molar-refractivity contribution in [1.82, 2.24) is 19.7 Å². The summed E-state index contributed by atoms with van der Waals surface area (Å²) in [6, 6.07) is 9.31. The van der Waals surface area contributed by atoms with E-state index in [1.54, 1.807) is 10.7 Å². The van der Waals surface area contributed by atoms with Gasteiger partial charge in [0.05, 0.1) is 31.2 Å². The number of aromatic nitrogens is 3. The number of carbonyl (C=O) groups excluding carboxylic acids is 1. The van der Waals surface area contributed by atoms with Crippen molar-refractivity contribution in [1.29, 1.82) is 5.26 Å². The van der Waals surface area contributed by atoms with Crippen molar-refractivity contribution in [3.05, 3.63) is 52.4 Å². The summed E-state index contributed by atoms with van der Waals surface area (Å²) in [7, 11) is 1.06. The van der Waals surface area contributed by atoms with Crippen molar-refractivity contribution in [2.45, 2.75) is 49.9 Å². The summed E-state index contributed by atoms with van der Waals surface area (Å²) in [5, 5.41) is 17.3. The molecule has 2 atom stereocenters. The monoisotopic (exact) mass is 514 g/mol. The molecule has 1 aliphatic heterocycles. The summed E-state index contributed by atoms with van der Waals surface area (Å²) in [5.74, 6) is 0.549. The number of aromatic amines is 1. The van der Waals surface area contributed by atoms with Crippen LogP contribution >= 0.6 is 0 Å². The summed E-state index contributed by atoms with van der Waals surface area (Å²) in [4.78, 5) is 28.3. The zero-order valence-corrected chi connectivity index (χ0v) is 20.0. The van der Waals surface area contributed by atoms with Gasteiger partial charge in [0, 0.05) is 18.4 Å². The minimum absolute atomic E-state index is 0.0662.